The van der Waals surface area contributed by atoms with E-state index in [0.717, 1.165) is 0 Å². The molecule has 1 rings (SSSR count). The number of carbonyl (C=O) groups excluding carboxylic acids is 1. The summed E-state index contributed by atoms with van der Waals surface area (Å²) in [7, 11) is 1.60. The number of methoxy groups -OCH3 is 1. The molecule has 19 heavy (non-hydrogen) atoms. The molecule has 0 aliphatic heterocycles. The third-order valence-corrected chi connectivity index (χ3v) is 2.48. The number of nitrogens with one attached hydrogen (secondary N) is 1. The zero-order chi connectivity index (χ0) is 14.3. The number of carbonyl (C=O) groups is 1. The predicted octanol–water partition coefficient (Wildman–Crippen LogP) is 1.79. The van der Waals surface area contributed by atoms with Crippen LogP contribution in [0.4, 0.5) is 15.8 Å². The first-order valence-corrected chi connectivity index (χ1v) is 6.01. The van der Waals surface area contributed by atoms with Gasteiger partial charge in [0.1, 0.15) is 11.9 Å². The standard InChI is InChI=1S/C13H19FN2O3/c1-9(19-7-3-6-18-2)13(17)16-12-8-10(15)4-5-11(12)14/h4-5,8-9H,3,6-7,15H2,1-2H3,(H,16,17). The summed E-state index contributed by atoms with van der Waals surface area (Å²) >= 11 is 0. The number of ether oxygens (including phenoxy) is 2. The molecule has 106 valence electrons. The van der Waals surface area contributed by atoms with Crippen LogP contribution in [0.3, 0.4) is 0 Å². The molecule has 0 saturated heterocycles. The summed E-state index contributed by atoms with van der Waals surface area (Å²) in [5.41, 5.74) is 5.96. The van der Waals surface area contributed by atoms with E-state index in [1.165, 1.54) is 18.2 Å². The second-order valence-corrected chi connectivity index (χ2v) is 4.09. The van der Waals surface area contributed by atoms with Crippen molar-refractivity contribution in [2.75, 3.05) is 31.4 Å². The van der Waals surface area contributed by atoms with E-state index in [9.17, 15) is 9.18 Å². The zero-order valence-corrected chi connectivity index (χ0v) is 11.1. The summed E-state index contributed by atoms with van der Waals surface area (Å²) < 4.78 is 23.6. The lowest BCUT2D eigenvalue weighted by Crippen LogP contribution is -2.28. The topological polar surface area (TPSA) is 73.6 Å². The van der Waals surface area contributed by atoms with Gasteiger partial charge in [-0.2, -0.15) is 0 Å². The number of anilines is 2. The van der Waals surface area contributed by atoms with E-state index in [1.54, 1.807) is 14.0 Å². The van der Waals surface area contributed by atoms with Crippen molar-refractivity contribution in [3.8, 4) is 0 Å². The van der Waals surface area contributed by atoms with Crippen LogP contribution in [0.2, 0.25) is 0 Å². The zero-order valence-electron chi connectivity index (χ0n) is 11.1. The van der Waals surface area contributed by atoms with Crippen molar-refractivity contribution < 1.29 is 18.7 Å². The van der Waals surface area contributed by atoms with Gasteiger partial charge in [0, 0.05) is 26.0 Å². The van der Waals surface area contributed by atoms with Gasteiger partial charge >= 0.3 is 0 Å². The van der Waals surface area contributed by atoms with Gasteiger partial charge in [-0.3, -0.25) is 4.79 Å². The van der Waals surface area contributed by atoms with Gasteiger partial charge in [-0.05, 0) is 31.5 Å². The maximum absolute atomic E-state index is 13.4. The minimum atomic E-state index is -0.669. The van der Waals surface area contributed by atoms with Crippen LogP contribution in [0.25, 0.3) is 0 Å². The van der Waals surface area contributed by atoms with E-state index >= 15 is 0 Å². The molecule has 0 aliphatic carbocycles. The number of benzene rings is 1. The number of hydrogen-bond acceptors (Lipinski definition) is 4. The lowest BCUT2D eigenvalue weighted by molar-refractivity contribution is -0.126. The second-order valence-electron chi connectivity index (χ2n) is 4.09. The van der Waals surface area contributed by atoms with E-state index in [-0.39, 0.29) is 5.69 Å². The molecule has 6 heteroatoms. The van der Waals surface area contributed by atoms with Gasteiger partial charge in [0.05, 0.1) is 5.69 Å². The molecule has 1 unspecified atom stereocenters. The summed E-state index contributed by atoms with van der Waals surface area (Å²) in [5, 5.41) is 2.44. The van der Waals surface area contributed by atoms with Gasteiger partial charge in [-0.15, -0.1) is 0 Å². The summed E-state index contributed by atoms with van der Waals surface area (Å²) in [6.45, 7) is 2.58. The van der Waals surface area contributed by atoms with Crippen LogP contribution in [-0.2, 0) is 14.3 Å². The van der Waals surface area contributed by atoms with Crippen LogP contribution in [-0.4, -0.2) is 32.3 Å². The van der Waals surface area contributed by atoms with Crippen molar-refractivity contribution in [3.05, 3.63) is 24.0 Å². The van der Waals surface area contributed by atoms with Crippen LogP contribution in [0, 0.1) is 5.82 Å². The monoisotopic (exact) mass is 270 g/mol. The molecule has 0 radical (unpaired) electrons. The molecular weight excluding hydrogens is 251 g/mol. The highest BCUT2D eigenvalue weighted by molar-refractivity contribution is 5.94. The van der Waals surface area contributed by atoms with Gasteiger partial charge in [-0.25, -0.2) is 4.39 Å². The molecule has 5 nitrogen and oxygen atoms in total. The number of nitrogen functional groups attached to an aromatic ring is 1. The molecule has 1 aromatic rings. The van der Waals surface area contributed by atoms with Crippen molar-refractivity contribution in [2.45, 2.75) is 19.4 Å². The van der Waals surface area contributed by atoms with Crippen molar-refractivity contribution in [1.82, 2.24) is 0 Å². The van der Waals surface area contributed by atoms with Gasteiger partial charge in [0.25, 0.3) is 5.91 Å². The first kappa shape index (κ1) is 15.4. The van der Waals surface area contributed by atoms with Crippen LogP contribution in [0.1, 0.15) is 13.3 Å². The van der Waals surface area contributed by atoms with Crippen molar-refractivity contribution in [2.24, 2.45) is 0 Å². The lowest BCUT2D eigenvalue weighted by Gasteiger charge is -2.14. The quantitative estimate of drug-likeness (QED) is 0.585. The Labute approximate surface area is 111 Å². The van der Waals surface area contributed by atoms with Crippen molar-refractivity contribution >= 4 is 17.3 Å². The van der Waals surface area contributed by atoms with Gasteiger partial charge in [0.2, 0.25) is 0 Å². The number of halogens is 1. The van der Waals surface area contributed by atoms with E-state index in [2.05, 4.69) is 5.32 Å². The van der Waals surface area contributed by atoms with E-state index in [1.807, 2.05) is 0 Å². The Balaban J connectivity index is 2.47. The van der Waals surface area contributed by atoms with Crippen molar-refractivity contribution in [3.63, 3.8) is 0 Å². The smallest absolute Gasteiger partial charge is 0.253 e. The molecule has 0 aliphatic rings. The Hall–Kier alpha value is -1.66. The Morgan fingerprint density at radius 1 is 1.47 bits per heavy atom. The minimum absolute atomic E-state index is 0.0531. The summed E-state index contributed by atoms with van der Waals surface area (Å²) in [4.78, 5) is 11.8. The molecule has 0 fully saturated rings. The largest absolute Gasteiger partial charge is 0.399 e. The third-order valence-electron chi connectivity index (χ3n) is 2.48. The SMILES string of the molecule is COCCCOC(C)C(=O)Nc1cc(N)ccc1F. The number of hydrogen-bond donors (Lipinski definition) is 2. The fourth-order valence-corrected chi connectivity index (χ4v) is 1.41. The van der Waals surface area contributed by atoms with Gasteiger partial charge in [0.15, 0.2) is 0 Å². The fourth-order valence-electron chi connectivity index (χ4n) is 1.41. The highest BCUT2D eigenvalue weighted by Crippen LogP contribution is 2.17. The third kappa shape index (κ3) is 5.23. The molecule has 1 amide bonds. The lowest BCUT2D eigenvalue weighted by atomic mass is 10.2. The van der Waals surface area contributed by atoms with E-state index in [4.69, 9.17) is 15.2 Å². The highest BCUT2D eigenvalue weighted by Gasteiger charge is 2.15. The Bertz CT molecular complexity index is 426. The average Bonchev–Trinajstić information content (AvgIpc) is 2.38. The van der Waals surface area contributed by atoms with Crippen LogP contribution in [0.15, 0.2) is 18.2 Å². The summed E-state index contributed by atoms with van der Waals surface area (Å²) in [6, 6.07) is 4.00. The number of nitrogens with two attached hydrogens (primary N) is 1. The summed E-state index contributed by atoms with van der Waals surface area (Å²) in [5.74, 6) is -0.948. The normalized spacial score (nSPS) is 12.2. The molecular formula is C13H19FN2O3. The molecule has 0 aromatic heterocycles. The minimum Gasteiger partial charge on any atom is -0.399 e. The molecule has 1 aromatic carbocycles. The second kappa shape index (κ2) is 7.70. The summed E-state index contributed by atoms with van der Waals surface area (Å²) in [6.07, 6.45) is 0.0264. The number of rotatable bonds is 7. The molecule has 0 spiro atoms. The first-order valence-electron chi connectivity index (χ1n) is 6.01. The fraction of sp³-hybridized carbons (Fsp3) is 0.462. The van der Waals surface area contributed by atoms with Crippen LogP contribution < -0.4 is 11.1 Å². The first-order chi connectivity index (χ1) is 9.04. The van der Waals surface area contributed by atoms with Crippen molar-refractivity contribution in [1.29, 1.82) is 0 Å². The molecule has 0 bridgehead atoms. The maximum atomic E-state index is 13.4. The van der Waals surface area contributed by atoms with Crippen LogP contribution in [0.5, 0.6) is 0 Å². The maximum Gasteiger partial charge on any atom is 0.253 e. The Kier molecular flexibility index (Phi) is 6.24. The predicted molar refractivity (Wildman–Crippen MR) is 71.3 cm³/mol. The molecule has 0 saturated carbocycles. The van der Waals surface area contributed by atoms with Crippen LogP contribution >= 0.6 is 0 Å². The Morgan fingerprint density at radius 3 is 2.89 bits per heavy atom. The highest BCUT2D eigenvalue weighted by atomic mass is 19.1. The molecule has 3 N–H and O–H groups in total. The molecule has 0 heterocycles. The molecule has 1 atom stereocenters. The van der Waals surface area contributed by atoms with E-state index in [0.29, 0.717) is 25.3 Å². The average molecular weight is 270 g/mol. The number of amides is 1. The Morgan fingerprint density at radius 2 is 2.21 bits per heavy atom. The van der Waals surface area contributed by atoms with Gasteiger partial charge in [-0.1, -0.05) is 0 Å². The van der Waals surface area contributed by atoms with E-state index < -0.39 is 17.8 Å². The van der Waals surface area contributed by atoms with Gasteiger partial charge < -0.3 is 20.5 Å².